The van der Waals surface area contributed by atoms with E-state index in [9.17, 15) is 9.59 Å². The minimum absolute atomic E-state index is 0.201. The molecule has 0 aliphatic carbocycles. The maximum atomic E-state index is 11.0. The second-order valence-electron chi connectivity index (χ2n) is 3.54. The number of carboxylic acids is 1. The lowest BCUT2D eigenvalue weighted by Crippen LogP contribution is -2.06. The fourth-order valence-electron chi connectivity index (χ4n) is 1.73. The molecule has 0 spiro atoms. The van der Waals surface area contributed by atoms with Crippen molar-refractivity contribution in [3.8, 4) is 0 Å². The van der Waals surface area contributed by atoms with Crippen LogP contribution in [0.5, 0.6) is 0 Å². The zero-order valence-electron chi connectivity index (χ0n) is 8.55. The molecule has 5 nitrogen and oxygen atoms in total. The Kier molecular flexibility index (Phi) is 2.89. The Hall–Kier alpha value is -1.82. The van der Waals surface area contributed by atoms with E-state index in [1.54, 1.807) is 18.2 Å². The molecule has 2 N–H and O–H groups in total. The van der Waals surface area contributed by atoms with Gasteiger partial charge in [-0.2, -0.15) is 0 Å². The van der Waals surface area contributed by atoms with Gasteiger partial charge in [-0.15, -0.1) is 0 Å². The third-order valence-electron chi connectivity index (χ3n) is 2.40. The Morgan fingerprint density at radius 2 is 2.00 bits per heavy atom. The third-order valence-corrected chi connectivity index (χ3v) is 2.89. The molecule has 0 fully saturated rings. The maximum absolute atomic E-state index is 11.0. The molecule has 0 aliphatic rings. The van der Waals surface area contributed by atoms with Crippen molar-refractivity contribution in [3.63, 3.8) is 0 Å². The number of fused-ring (bicyclic) bond motifs is 1. The van der Waals surface area contributed by atoms with E-state index in [0.29, 0.717) is 16.5 Å². The number of aromatic nitrogens is 1. The highest BCUT2D eigenvalue weighted by Crippen LogP contribution is 2.25. The Balaban J connectivity index is 2.70. The van der Waals surface area contributed by atoms with Crippen molar-refractivity contribution < 1.29 is 19.8 Å². The Morgan fingerprint density at radius 3 is 2.59 bits per heavy atom. The summed E-state index contributed by atoms with van der Waals surface area (Å²) >= 11 is 3.27. The van der Waals surface area contributed by atoms with Crippen LogP contribution in [-0.4, -0.2) is 26.8 Å². The second kappa shape index (κ2) is 4.21. The average Bonchev–Trinajstić information content (AvgIpc) is 2.56. The van der Waals surface area contributed by atoms with Crippen LogP contribution in [0, 0.1) is 0 Å². The van der Waals surface area contributed by atoms with Crippen molar-refractivity contribution in [2.24, 2.45) is 0 Å². The molecule has 0 unspecified atom stereocenters. The highest BCUT2D eigenvalue weighted by atomic mass is 79.9. The van der Waals surface area contributed by atoms with Gasteiger partial charge in [0.15, 0.2) is 0 Å². The number of nitrogens with zero attached hydrogens (tertiary/aromatic N) is 1. The topological polar surface area (TPSA) is 79.5 Å². The van der Waals surface area contributed by atoms with Gasteiger partial charge in [-0.05, 0) is 23.8 Å². The molecule has 2 aromatic rings. The number of halogens is 1. The van der Waals surface area contributed by atoms with Crippen LogP contribution in [0.3, 0.4) is 0 Å². The van der Waals surface area contributed by atoms with Gasteiger partial charge in [-0.3, -0.25) is 9.36 Å². The van der Waals surface area contributed by atoms with Crippen LogP contribution >= 0.6 is 15.9 Å². The summed E-state index contributed by atoms with van der Waals surface area (Å²) in [6, 6.07) is 5.07. The summed E-state index contributed by atoms with van der Waals surface area (Å²) in [6.45, 7) is 0. The van der Waals surface area contributed by atoms with Crippen LogP contribution in [0.15, 0.2) is 28.9 Å². The number of carbonyl (C=O) groups is 2. The summed E-state index contributed by atoms with van der Waals surface area (Å²) in [6.07, 6.45) is 0.00908. The van der Waals surface area contributed by atoms with Crippen LogP contribution in [-0.2, 0) is 11.2 Å². The molecule has 0 saturated heterocycles. The minimum Gasteiger partial charge on any atom is -0.481 e. The Labute approximate surface area is 104 Å². The van der Waals surface area contributed by atoms with Crippen LogP contribution in [0.1, 0.15) is 5.56 Å². The van der Waals surface area contributed by atoms with E-state index in [-0.39, 0.29) is 6.42 Å². The van der Waals surface area contributed by atoms with Crippen LogP contribution in [0.25, 0.3) is 10.9 Å². The highest BCUT2D eigenvalue weighted by molar-refractivity contribution is 9.10. The molecular formula is C11H8BrNO4. The zero-order valence-corrected chi connectivity index (χ0v) is 10.1. The van der Waals surface area contributed by atoms with E-state index in [4.69, 9.17) is 10.2 Å². The first-order chi connectivity index (χ1) is 7.99. The molecule has 17 heavy (non-hydrogen) atoms. The zero-order chi connectivity index (χ0) is 12.6. The van der Waals surface area contributed by atoms with Crippen molar-refractivity contribution >= 4 is 38.9 Å². The number of rotatable bonds is 2. The SMILES string of the molecule is O=C(O)Cc1cn(C(=O)O)c2ccc(Br)cc12. The molecule has 1 aromatic heterocycles. The first-order valence-electron chi connectivity index (χ1n) is 4.73. The molecule has 0 aliphatic heterocycles. The molecule has 0 amide bonds. The quantitative estimate of drug-likeness (QED) is 0.893. The molecular weight excluding hydrogens is 290 g/mol. The predicted molar refractivity (Wildman–Crippen MR) is 64.4 cm³/mol. The van der Waals surface area contributed by atoms with Crippen molar-refractivity contribution in [1.82, 2.24) is 4.57 Å². The van der Waals surface area contributed by atoms with Crippen molar-refractivity contribution in [2.75, 3.05) is 0 Å². The lowest BCUT2D eigenvalue weighted by molar-refractivity contribution is -0.136. The number of hydrogen-bond acceptors (Lipinski definition) is 2. The fourth-order valence-corrected chi connectivity index (χ4v) is 2.09. The van der Waals surface area contributed by atoms with E-state index in [1.807, 2.05) is 0 Å². The highest BCUT2D eigenvalue weighted by Gasteiger charge is 2.14. The van der Waals surface area contributed by atoms with E-state index in [2.05, 4.69) is 15.9 Å². The maximum Gasteiger partial charge on any atom is 0.416 e. The van der Waals surface area contributed by atoms with E-state index >= 15 is 0 Å². The van der Waals surface area contributed by atoms with Crippen molar-refractivity contribution in [3.05, 3.63) is 34.4 Å². The third kappa shape index (κ3) is 2.16. The normalized spacial score (nSPS) is 10.6. The van der Waals surface area contributed by atoms with Gasteiger partial charge in [0.1, 0.15) is 0 Å². The van der Waals surface area contributed by atoms with Crippen LogP contribution < -0.4 is 0 Å². The predicted octanol–water partition coefficient (Wildman–Crippen LogP) is 2.56. The fraction of sp³-hybridized carbons (Fsp3) is 0.0909. The monoisotopic (exact) mass is 297 g/mol. The van der Waals surface area contributed by atoms with Gasteiger partial charge in [0.25, 0.3) is 0 Å². The average molecular weight is 298 g/mol. The summed E-state index contributed by atoms with van der Waals surface area (Å²) in [5, 5.41) is 18.4. The smallest absolute Gasteiger partial charge is 0.416 e. The van der Waals surface area contributed by atoms with Crippen molar-refractivity contribution in [2.45, 2.75) is 6.42 Å². The molecule has 88 valence electrons. The van der Waals surface area contributed by atoms with Gasteiger partial charge in [-0.25, -0.2) is 4.79 Å². The Morgan fingerprint density at radius 1 is 1.29 bits per heavy atom. The molecule has 0 atom stereocenters. The van der Waals surface area contributed by atoms with Crippen molar-refractivity contribution in [1.29, 1.82) is 0 Å². The van der Waals surface area contributed by atoms with Gasteiger partial charge in [0, 0.05) is 16.1 Å². The summed E-state index contributed by atoms with van der Waals surface area (Å²) in [5.41, 5.74) is 0.966. The molecule has 1 aromatic carbocycles. The molecule has 0 radical (unpaired) electrons. The summed E-state index contributed by atoms with van der Waals surface area (Å²) in [5.74, 6) is -0.991. The number of benzene rings is 1. The van der Waals surface area contributed by atoms with Crippen LogP contribution in [0.2, 0.25) is 0 Å². The summed E-state index contributed by atoms with van der Waals surface area (Å²) in [4.78, 5) is 21.7. The summed E-state index contributed by atoms with van der Waals surface area (Å²) < 4.78 is 1.81. The number of hydrogen-bond donors (Lipinski definition) is 2. The molecule has 6 heteroatoms. The molecule has 1 heterocycles. The van der Waals surface area contributed by atoms with Crippen LogP contribution in [0.4, 0.5) is 4.79 Å². The first-order valence-corrected chi connectivity index (χ1v) is 5.53. The van der Waals surface area contributed by atoms with Gasteiger partial charge >= 0.3 is 12.1 Å². The largest absolute Gasteiger partial charge is 0.481 e. The van der Waals surface area contributed by atoms with E-state index < -0.39 is 12.1 Å². The summed E-state index contributed by atoms with van der Waals surface area (Å²) in [7, 11) is 0. The minimum atomic E-state index is -1.13. The molecule has 0 bridgehead atoms. The standard InChI is InChI=1S/C11H8BrNO4/c12-7-1-2-9-8(4-7)6(3-10(14)15)5-13(9)11(16)17/h1-2,4-5H,3H2,(H,14,15)(H,16,17). The van der Waals surface area contributed by atoms with E-state index in [1.165, 1.54) is 6.20 Å². The molecule has 0 saturated carbocycles. The number of carboxylic acid groups (broad SMARTS) is 2. The first kappa shape index (κ1) is 11.7. The van der Waals surface area contributed by atoms with Gasteiger partial charge in [0.05, 0.1) is 11.9 Å². The molecule has 2 rings (SSSR count). The van der Waals surface area contributed by atoms with Gasteiger partial charge < -0.3 is 10.2 Å². The van der Waals surface area contributed by atoms with Gasteiger partial charge in [-0.1, -0.05) is 15.9 Å². The lowest BCUT2D eigenvalue weighted by Gasteiger charge is -1.97. The second-order valence-corrected chi connectivity index (χ2v) is 4.45. The number of aliphatic carboxylic acids is 1. The van der Waals surface area contributed by atoms with Gasteiger partial charge in [0.2, 0.25) is 0 Å². The van der Waals surface area contributed by atoms with E-state index in [0.717, 1.165) is 9.04 Å². The lowest BCUT2D eigenvalue weighted by atomic mass is 10.1. The Bertz CT molecular complexity index is 617.